The van der Waals surface area contributed by atoms with E-state index in [0.717, 1.165) is 27.1 Å². The first-order valence-corrected chi connectivity index (χ1v) is 20.8. The van der Waals surface area contributed by atoms with E-state index < -0.39 is 38.7 Å². The summed E-state index contributed by atoms with van der Waals surface area (Å²) in [4.78, 5) is 28.8. The average molecular weight is 754 g/mol. The van der Waals surface area contributed by atoms with E-state index in [2.05, 4.69) is 69.3 Å². The molecule has 0 aliphatic carbocycles. The molecule has 6 rings (SSSR count). The smallest absolute Gasteiger partial charge is 0.411 e. The second kappa shape index (κ2) is 18.5. The molecule has 0 aromatic heterocycles. The molecule has 1 heterocycles. The third-order valence-corrected chi connectivity index (χ3v) is 15.1. The van der Waals surface area contributed by atoms with Gasteiger partial charge in [0, 0.05) is 0 Å². The maximum absolute atomic E-state index is 14.6. The number of ether oxygens (including phenoxy) is 3. The highest BCUT2D eigenvalue weighted by atomic mass is 28.4. The highest BCUT2D eigenvalue weighted by molar-refractivity contribution is 6.99. The van der Waals surface area contributed by atoms with Crippen LogP contribution in [-0.2, 0) is 43.3 Å². The first-order valence-electron chi connectivity index (χ1n) is 18.9. The van der Waals surface area contributed by atoms with Crippen LogP contribution in [0.25, 0.3) is 0 Å². The molecule has 1 aliphatic rings. The van der Waals surface area contributed by atoms with E-state index in [0.29, 0.717) is 0 Å². The van der Waals surface area contributed by atoms with E-state index in [1.54, 1.807) is 11.0 Å². The molecule has 0 saturated carbocycles. The van der Waals surface area contributed by atoms with E-state index in [9.17, 15) is 9.59 Å². The minimum atomic E-state index is -3.07. The van der Waals surface area contributed by atoms with Gasteiger partial charge in [0.15, 0.2) is 5.78 Å². The van der Waals surface area contributed by atoms with Gasteiger partial charge in [-0.15, -0.1) is 0 Å². The molecule has 5 aromatic rings. The third-order valence-electron chi connectivity index (χ3n) is 10.1. The number of hydrogen-bond donors (Lipinski definition) is 0. The fourth-order valence-electron chi connectivity index (χ4n) is 7.52. The largest absolute Gasteiger partial charge is 0.445 e. The Balaban J connectivity index is 1.46. The van der Waals surface area contributed by atoms with Crippen molar-refractivity contribution in [3.8, 4) is 0 Å². The highest BCUT2D eigenvalue weighted by Gasteiger charge is 2.56. The number of hydrogen-bond acceptors (Lipinski definition) is 6. The Morgan fingerprint density at radius 2 is 1.04 bits per heavy atom. The minimum absolute atomic E-state index is 0.0761. The Kier molecular flexibility index (Phi) is 13.3. The molecule has 8 heteroatoms. The topological polar surface area (TPSA) is 74.3 Å². The molecule has 5 aromatic carbocycles. The van der Waals surface area contributed by atoms with Crippen LogP contribution in [0.3, 0.4) is 0 Å². The Morgan fingerprint density at radius 1 is 0.618 bits per heavy atom. The SMILES string of the molecule is CC(=O)/C=C/[C@@H]1[C@@H](OCc2ccccc2)[C@@H](OCc2ccccc2)[C@@H](CO[Si](c2ccccc2)(c2ccccc2)C(C)(C)C)N1C(=O)OCc1ccccc1. The molecule has 0 N–H and O–H groups in total. The number of likely N-dealkylation sites (tertiary alicyclic amines) is 1. The molecule has 1 saturated heterocycles. The lowest BCUT2D eigenvalue weighted by molar-refractivity contribution is -0.112. The van der Waals surface area contributed by atoms with E-state index >= 15 is 0 Å². The molecule has 55 heavy (non-hydrogen) atoms. The fraction of sp³-hybridized carbons (Fsp3) is 0.277. The van der Waals surface area contributed by atoms with E-state index in [1.807, 2.05) is 103 Å². The van der Waals surface area contributed by atoms with Crippen LogP contribution >= 0.6 is 0 Å². The molecule has 0 radical (unpaired) electrons. The number of allylic oxidation sites excluding steroid dienone is 1. The van der Waals surface area contributed by atoms with Gasteiger partial charge in [-0.2, -0.15) is 0 Å². The molecule has 1 amide bonds. The first kappa shape index (κ1) is 39.6. The van der Waals surface area contributed by atoms with E-state index in [-0.39, 0.29) is 37.2 Å². The lowest BCUT2D eigenvalue weighted by atomic mass is 10.1. The summed E-state index contributed by atoms with van der Waals surface area (Å²) in [6.07, 6.45) is 1.38. The molecule has 0 spiro atoms. The molecular formula is C47H51NO6Si. The molecule has 0 bridgehead atoms. The third kappa shape index (κ3) is 9.58. The number of carbonyl (C=O) groups excluding carboxylic acids is 2. The number of rotatable bonds is 15. The summed E-state index contributed by atoms with van der Waals surface area (Å²) in [6, 6.07) is 49.0. The van der Waals surface area contributed by atoms with Crippen molar-refractivity contribution in [1.29, 1.82) is 0 Å². The minimum Gasteiger partial charge on any atom is -0.445 e. The molecule has 284 valence electrons. The summed E-state index contributed by atoms with van der Waals surface area (Å²) in [6.45, 7) is 8.94. The maximum Gasteiger partial charge on any atom is 0.411 e. The number of nitrogens with zero attached hydrogens (tertiary/aromatic N) is 1. The summed E-state index contributed by atoms with van der Waals surface area (Å²) in [7, 11) is -3.07. The van der Waals surface area contributed by atoms with Gasteiger partial charge >= 0.3 is 6.09 Å². The summed E-state index contributed by atoms with van der Waals surface area (Å²) in [5, 5.41) is 1.93. The van der Waals surface area contributed by atoms with Crippen molar-refractivity contribution in [3.05, 3.63) is 181 Å². The van der Waals surface area contributed by atoms with Gasteiger partial charge in [-0.05, 0) is 45.1 Å². The predicted molar refractivity (Wildman–Crippen MR) is 219 cm³/mol. The average Bonchev–Trinajstić information content (AvgIpc) is 3.50. The quantitative estimate of drug-likeness (QED) is 0.0792. The van der Waals surface area contributed by atoms with Gasteiger partial charge in [-0.3, -0.25) is 9.69 Å². The summed E-state index contributed by atoms with van der Waals surface area (Å²) < 4.78 is 27.3. The van der Waals surface area contributed by atoms with Crippen LogP contribution in [0.5, 0.6) is 0 Å². The Morgan fingerprint density at radius 3 is 1.47 bits per heavy atom. The monoisotopic (exact) mass is 753 g/mol. The summed E-state index contributed by atoms with van der Waals surface area (Å²) >= 11 is 0. The molecule has 7 nitrogen and oxygen atoms in total. The molecule has 1 fully saturated rings. The zero-order chi connectivity index (χ0) is 38.7. The first-order chi connectivity index (χ1) is 26.7. The second-order valence-corrected chi connectivity index (χ2v) is 19.3. The van der Waals surface area contributed by atoms with E-state index in [1.165, 1.54) is 13.0 Å². The van der Waals surface area contributed by atoms with Gasteiger partial charge < -0.3 is 18.6 Å². The van der Waals surface area contributed by atoms with Gasteiger partial charge in [-0.25, -0.2) is 4.79 Å². The molecule has 4 atom stereocenters. The van der Waals surface area contributed by atoms with Crippen LogP contribution in [0.2, 0.25) is 5.04 Å². The Hall–Kier alpha value is -5.12. The predicted octanol–water partition coefficient (Wildman–Crippen LogP) is 8.27. The van der Waals surface area contributed by atoms with Crippen LogP contribution < -0.4 is 10.4 Å². The van der Waals surface area contributed by atoms with Crippen molar-refractivity contribution in [3.63, 3.8) is 0 Å². The van der Waals surface area contributed by atoms with Gasteiger partial charge in [0.2, 0.25) is 0 Å². The van der Waals surface area contributed by atoms with Crippen LogP contribution in [0, 0.1) is 0 Å². The molecule has 0 unspecified atom stereocenters. The lowest BCUT2D eigenvalue weighted by Crippen LogP contribution is -2.67. The van der Waals surface area contributed by atoms with Crippen molar-refractivity contribution in [2.75, 3.05) is 6.61 Å². The highest BCUT2D eigenvalue weighted by Crippen LogP contribution is 2.39. The van der Waals surface area contributed by atoms with Crippen molar-refractivity contribution in [1.82, 2.24) is 4.90 Å². The maximum atomic E-state index is 14.6. The van der Waals surface area contributed by atoms with Gasteiger partial charge in [-0.1, -0.05) is 179 Å². The lowest BCUT2D eigenvalue weighted by Gasteiger charge is -2.44. The fourth-order valence-corrected chi connectivity index (χ4v) is 12.1. The van der Waals surface area contributed by atoms with Crippen LogP contribution in [0.4, 0.5) is 4.79 Å². The normalized spacial score (nSPS) is 18.7. The van der Waals surface area contributed by atoms with E-state index in [4.69, 9.17) is 18.6 Å². The van der Waals surface area contributed by atoms with Gasteiger partial charge in [0.1, 0.15) is 18.8 Å². The van der Waals surface area contributed by atoms with Gasteiger partial charge in [0.05, 0.1) is 31.9 Å². The summed E-state index contributed by atoms with van der Waals surface area (Å²) in [5.74, 6) is -0.145. The van der Waals surface area contributed by atoms with Crippen LogP contribution in [0.1, 0.15) is 44.4 Å². The number of ketones is 1. The zero-order valence-electron chi connectivity index (χ0n) is 32.1. The Bertz CT molecular complexity index is 1930. The van der Waals surface area contributed by atoms with Crippen molar-refractivity contribution >= 4 is 30.6 Å². The van der Waals surface area contributed by atoms with Crippen molar-refractivity contribution < 1.29 is 28.2 Å². The van der Waals surface area contributed by atoms with Crippen molar-refractivity contribution in [2.45, 2.75) is 76.8 Å². The number of benzene rings is 5. The standard InChI is InChI=1S/C47H51NO6Si/c1-36(49)30-31-42-44(51-32-37-20-10-5-11-21-37)45(52-33-38-22-12-6-13-23-38)43(48(42)46(50)53-34-39-24-14-7-15-25-39)35-54-55(47(2,3)4,40-26-16-8-17-27-40)41-28-18-9-19-29-41/h5-31,42-45H,32-35H2,1-4H3/b31-30+/t42-,43-,44-,45+/m1/s1. The number of amides is 1. The summed E-state index contributed by atoms with van der Waals surface area (Å²) in [5.41, 5.74) is 2.82. The van der Waals surface area contributed by atoms with Gasteiger partial charge in [0.25, 0.3) is 8.32 Å². The molecule has 1 aliphatic heterocycles. The van der Waals surface area contributed by atoms with Crippen LogP contribution in [0.15, 0.2) is 164 Å². The second-order valence-electron chi connectivity index (χ2n) is 15.0. The van der Waals surface area contributed by atoms with Crippen molar-refractivity contribution in [2.24, 2.45) is 0 Å². The Labute approximate surface area is 326 Å². The molecular weight excluding hydrogens is 703 g/mol. The van der Waals surface area contributed by atoms with Crippen LogP contribution in [-0.4, -0.2) is 56.0 Å². The zero-order valence-corrected chi connectivity index (χ0v) is 33.1. The number of carbonyl (C=O) groups is 2.